The standard InChI is InChI=1S/C12H15NO2/c1-13-7-3-4-11-8-10(9-14)5-6-12(11)15-2/h3-6,8-9,13H,7H2,1-2H3. The second-order valence-corrected chi connectivity index (χ2v) is 3.08. The number of nitrogens with one attached hydrogen (secondary N) is 1. The number of rotatable bonds is 5. The molecule has 1 rings (SSSR count). The molecule has 0 aliphatic rings. The Hall–Kier alpha value is -1.61. The summed E-state index contributed by atoms with van der Waals surface area (Å²) in [7, 11) is 3.49. The van der Waals surface area contributed by atoms with Crippen molar-refractivity contribution in [2.75, 3.05) is 20.7 Å². The Morgan fingerprint density at radius 1 is 1.47 bits per heavy atom. The average Bonchev–Trinajstić information content (AvgIpc) is 2.29. The first-order valence-corrected chi connectivity index (χ1v) is 4.76. The van der Waals surface area contributed by atoms with E-state index in [0.717, 1.165) is 24.1 Å². The van der Waals surface area contributed by atoms with Crippen LogP contribution >= 0.6 is 0 Å². The number of carbonyl (C=O) groups excluding carboxylic acids is 1. The van der Waals surface area contributed by atoms with Crippen molar-refractivity contribution in [3.05, 3.63) is 35.4 Å². The molecule has 0 aliphatic carbocycles. The van der Waals surface area contributed by atoms with Gasteiger partial charge in [0.15, 0.2) is 0 Å². The van der Waals surface area contributed by atoms with E-state index in [0.29, 0.717) is 5.56 Å². The summed E-state index contributed by atoms with van der Waals surface area (Å²) in [4.78, 5) is 10.6. The van der Waals surface area contributed by atoms with Crippen molar-refractivity contribution in [1.82, 2.24) is 5.32 Å². The maximum atomic E-state index is 10.6. The minimum absolute atomic E-state index is 0.653. The van der Waals surface area contributed by atoms with E-state index >= 15 is 0 Å². The van der Waals surface area contributed by atoms with E-state index in [2.05, 4.69) is 5.32 Å². The van der Waals surface area contributed by atoms with Crippen LogP contribution in [0.5, 0.6) is 5.75 Å². The van der Waals surface area contributed by atoms with Crippen molar-refractivity contribution in [2.24, 2.45) is 0 Å². The second kappa shape index (κ2) is 5.98. The monoisotopic (exact) mass is 205 g/mol. The van der Waals surface area contributed by atoms with Crippen LogP contribution in [0.4, 0.5) is 0 Å². The summed E-state index contributed by atoms with van der Waals surface area (Å²) in [6.07, 6.45) is 4.74. The number of carbonyl (C=O) groups is 1. The zero-order valence-electron chi connectivity index (χ0n) is 8.99. The lowest BCUT2D eigenvalue weighted by atomic mass is 10.1. The highest BCUT2D eigenvalue weighted by atomic mass is 16.5. The molecule has 1 aromatic rings. The van der Waals surface area contributed by atoms with Crippen LogP contribution in [-0.2, 0) is 0 Å². The fourth-order valence-electron chi connectivity index (χ4n) is 1.26. The molecule has 0 saturated carbocycles. The van der Waals surface area contributed by atoms with Gasteiger partial charge in [0.25, 0.3) is 0 Å². The Kier molecular flexibility index (Phi) is 4.57. The molecule has 0 amide bonds. The summed E-state index contributed by atoms with van der Waals surface area (Å²) in [6.45, 7) is 0.786. The Labute approximate surface area is 89.8 Å². The average molecular weight is 205 g/mol. The van der Waals surface area contributed by atoms with Gasteiger partial charge in [-0.25, -0.2) is 0 Å². The number of ether oxygens (including phenoxy) is 1. The van der Waals surface area contributed by atoms with Gasteiger partial charge in [-0.05, 0) is 25.2 Å². The molecule has 0 aliphatic heterocycles. The van der Waals surface area contributed by atoms with Gasteiger partial charge in [0.2, 0.25) is 0 Å². The van der Waals surface area contributed by atoms with Crippen LogP contribution < -0.4 is 10.1 Å². The van der Waals surface area contributed by atoms with Crippen molar-refractivity contribution in [1.29, 1.82) is 0 Å². The van der Waals surface area contributed by atoms with Crippen molar-refractivity contribution < 1.29 is 9.53 Å². The minimum atomic E-state index is 0.653. The molecule has 0 saturated heterocycles. The molecular weight excluding hydrogens is 190 g/mol. The lowest BCUT2D eigenvalue weighted by molar-refractivity contribution is 0.112. The molecule has 0 fully saturated rings. The summed E-state index contributed by atoms with van der Waals surface area (Å²) in [6, 6.07) is 5.34. The lowest BCUT2D eigenvalue weighted by Crippen LogP contribution is -2.03. The highest BCUT2D eigenvalue weighted by Gasteiger charge is 2.00. The fraction of sp³-hybridized carbons (Fsp3) is 0.250. The van der Waals surface area contributed by atoms with Crippen molar-refractivity contribution >= 4 is 12.4 Å². The molecule has 0 aromatic heterocycles. The lowest BCUT2D eigenvalue weighted by Gasteiger charge is -2.04. The summed E-state index contributed by atoms with van der Waals surface area (Å²) in [5, 5.41) is 3.01. The molecule has 0 atom stereocenters. The van der Waals surface area contributed by atoms with Crippen molar-refractivity contribution in [2.45, 2.75) is 0 Å². The topological polar surface area (TPSA) is 38.3 Å². The quantitative estimate of drug-likeness (QED) is 0.744. The molecule has 15 heavy (non-hydrogen) atoms. The van der Waals surface area contributed by atoms with E-state index in [1.165, 1.54) is 0 Å². The van der Waals surface area contributed by atoms with Crippen LogP contribution in [-0.4, -0.2) is 27.0 Å². The van der Waals surface area contributed by atoms with Gasteiger partial charge in [-0.2, -0.15) is 0 Å². The summed E-state index contributed by atoms with van der Waals surface area (Å²) in [5.41, 5.74) is 1.57. The van der Waals surface area contributed by atoms with E-state index in [9.17, 15) is 4.79 Å². The highest BCUT2D eigenvalue weighted by Crippen LogP contribution is 2.20. The third-order valence-corrected chi connectivity index (χ3v) is 2.01. The van der Waals surface area contributed by atoms with Crippen LogP contribution in [0.25, 0.3) is 6.08 Å². The first-order valence-electron chi connectivity index (χ1n) is 4.76. The zero-order valence-corrected chi connectivity index (χ0v) is 8.99. The number of hydrogen-bond donors (Lipinski definition) is 1. The molecular formula is C12H15NO2. The smallest absolute Gasteiger partial charge is 0.150 e. The number of methoxy groups -OCH3 is 1. The van der Waals surface area contributed by atoms with Gasteiger partial charge < -0.3 is 10.1 Å². The molecule has 0 unspecified atom stereocenters. The van der Waals surface area contributed by atoms with Gasteiger partial charge in [-0.15, -0.1) is 0 Å². The van der Waals surface area contributed by atoms with Gasteiger partial charge >= 0.3 is 0 Å². The number of likely N-dealkylation sites (N-methyl/N-ethyl adjacent to an activating group) is 1. The fourth-order valence-corrected chi connectivity index (χ4v) is 1.26. The molecule has 0 bridgehead atoms. The normalized spacial score (nSPS) is 10.5. The molecule has 3 heteroatoms. The Morgan fingerprint density at radius 2 is 2.27 bits per heavy atom. The third-order valence-electron chi connectivity index (χ3n) is 2.01. The predicted molar refractivity (Wildman–Crippen MR) is 61.3 cm³/mol. The first-order chi connectivity index (χ1) is 7.31. The minimum Gasteiger partial charge on any atom is -0.496 e. The maximum Gasteiger partial charge on any atom is 0.150 e. The van der Waals surface area contributed by atoms with Gasteiger partial charge in [-0.3, -0.25) is 4.79 Å². The third kappa shape index (κ3) is 3.22. The van der Waals surface area contributed by atoms with E-state index < -0.39 is 0 Å². The molecule has 80 valence electrons. The van der Waals surface area contributed by atoms with Gasteiger partial charge in [0, 0.05) is 17.7 Å². The van der Waals surface area contributed by atoms with Crippen molar-refractivity contribution in [3.8, 4) is 5.75 Å². The van der Waals surface area contributed by atoms with Crippen LogP contribution in [0.15, 0.2) is 24.3 Å². The molecule has 3 nitrogen and oxygen atoms in total. The summed E-state index contributed by atoms with van der Waals surface area (Å²) in [5.74, 6) is 0.771. The highest BCUT2D eigenvalue weighted by molar-refractivity contribution is 5.77. The summed E-state index contributed by atoms with van der Waals surface area (Å²) < 4.78 is 5.19. The molecule has 1 aromatic carbocycles. The van der Waals surface area contributed by atoms with Crippen LogP contribution in [0.2, 0.25) is 0 Å². The van der Waals surface area contributed by atoms with Crippen molar-refractivity contribution in [3.63, 3.8) is 0 Å². The Bertz CT molecular complexity index is 359. The van der Waals surface area contributed by atoms with Gasteiger partial charge in [0.1, 0.15) is 12.0 Å². The van der Waals surface area contributed by atoms with E-state index in [1.54, 1.807) is 25.3 Å². The van der Waals surface area contributed by atoms with E-state index in [4.69, 9.17) is 4.74 Å². The van der Waals surface area contributed by atoms with Crippen LogP contribution in [0.1, 0.15) is 15.9 Å². The van der Waals surface area contributed by atoms with E-state index in [-0.39, 0.29) is 0 Å². The molecule has 1 N–H and O–H groups in total. The first kappa shape index (κ1) is 11.5. The van der Waals surface area contributed by atoms with Crippen LogP contribution in [0, 0.1) is 0 Å². The summed E-state index contributed by atoms with van der Waals surface area (Å²) >= 11 is 0. The second-order valence-electron chi connectivity index (χ2n) is 3.08. The number of aldehydes is 1. The molecule has 0 spiro atoms. The maximum absolute atomic E-state index is 10.6. The number of benzene rings is 1. The predicted octanol–water partition coefficient (Wildman–Crippen LogP) is 1.74. The SMILES string of the molecule is CNCC=Cc1cc(C=O)ccc1OC. The Morgan fingerprint density at radius 3 is 2.87 bits per heavy atom. The molecule has 0 heterocycles. The number of hydrogen-bond acceptors (Lipinski definition) is 3. The van der Waals surface area contributed by atoms with Gasteiger partial charge in [-0.1, -0.05) is 12.2 Å². The van der Waals surface area contributed by atoms with E-state index in [1.807, 2.05) is 19.2 Å². The largest absolute Gasteiger partial charge is 0.496 e. The van der Waals surface area contributed by atoms with Crippen LogP contribution in [0.3, 0.4) is 0 Å². The zero-order chi connectivity index (χ0) is 11.1. The van der Waals surface area contributed by atoms with Gasteiger partial charge in [0.05, 0.1) is 7.11 Å². The molecule has 0 radical (unpaired) electrons. The Balaban J connectivity index is 2.95.